The van der Waals surface area contributed by atoms with Crippen molar-refractivity contribution in [3.05, 3.63) is 22.2 Å². The smallest absolute Gasteiger partial charge is 0.168 e. The van der Waals surface area contributed by atoms with Crippen molar-refractivity contribution in [1.82, 2.24) is 9.97 Å². The maximum Gasteiger partial charge on any atom is 0.168 e. The van der Waals surface area contributed by atoms with E-state index in [-0.39, 0.29) is 0 Å². The zero-order valence-electron chi connectivity index (χ0n) is 5.34. The Hall–Kier alpha value is -0.770. The Bertz CT molecular complexity index is 242. The van der Waals surface area contributed by atoms with Crippen LogP contribution in [0.5, 0.6) is 0 Å². The van der Waals surface area contributed by atoms with E-state index in [1.165, 1.54) is 0 Å². The molecule has 0 aliphatic rings. The lowest BCUT2D eigenvalue weighted by Gasteiger charge is -1.93. The summed E-state index contributed by atoms with van der Waals surface area (Å²) in [5.74, 6) is 0.594. The van der Waals surface area contributed by atoms with Crippen molar-refractivity contribution in [2.75, 3.05) is 0 Å². The van der Waals surface area contributed by atoms with Crippen LogP contribution in [0.4, 0.5) is 0 Å². The van der Waals surface area contributed by atoms with Crippen LogP contribution in [0.25, 0.3) is 0 Å². The van der Waals surface area contributed by atoms with Crippen LogP contribution in [0, 0.1) is 6.92 Å². The Morgan fingerprint density at radius 3 is 2.80 bits per heavy atom. The van der Waals surface area contributed by atoms with Gasteiger partial charge in [0.1, 0.15) is 16.1 Å². The molecule has 0 spiro atoms. The highest BCUT2D eigenvalue weighted by Crippen LogP contribution is 2.05. The number of carbonyl (C=O) groups is 1. The number of nitrogens with zero attached hydrogens (tertiary/aromatic N) is 2. The summed E-state index contributed by atoms with van der Waals surface area (Å²) in [6, 6.07) is 1.57. The number of aryl methyl sites for hydroxylation is 1. The lowest BCUT2D eigenvalue weighted by Crippen LogP contribution is -1.93. The third-order valence-corrected chi connectivity index (χ3v) is 1.35. The second-order valence-electron chi connectivity index (χ2n) is 1.78. The van der Waals surface area contributed by atoms with Gasteiger partial charge in [0.05, 0.1) is 0 Å². The van der Waals surface area contributed by atoms with Crippen LogP contribution in [0.1, 0.15) is 16.3 Å². The minimum absolute atomic E-state index is 0.402. The Morgan fingerprint density at radius 1 is 1.60 bits per heavy atom. The molecule has 0 atom stereocenters. The van der Waals surface area contributed by atoms with Gasteiger partial charge in [-0.05, 0) is 22.9 Å². The van der Waals surface area contributed by atoms with Crippen LogP contribution in [-0.2, 0) is 0 Å². The highest BCUT2D eigenvalue weighted by Gasteiger charge is 1.95. The number of carbonyl (C=O) groups excluding carboxylic acids is 1. The lowest BCUT2D eigenvalue weighted by atomic mass is 10.4. The second-order valence-corrected chi connectivity index (χ2v) is 2.59. The van der Waals surface area contributed by atoms with Gasteiger partial charge in [-0.2, -0.15) is 0 Å². The SMILES string of the molecule is Cc1nc(Br)cc(C=O)n1. The standard InChI is InChI=1S/C6H5BrN2O/c1-4-8-5(3-10)2-6(7)9-4/h2-3H,1H3. The van der Waals surface area contributed by atoms with E-state index in [0.29, 0.717) is 22.4 Å². The molecule has 1 aromatic heterocycles. The van der Waals surface area contributed by atoms with Gasteiger partial charge < -0.3 is 0 Å². The Labute approximate surface area is 66.6 Å². The van der Waals surface area contributed by atoms with E-state index >= 15 is 0 Å². The Kier molecular flexibility index (Phi) is 2.11. The minimum Gasteiger partial charge on any atom is -0.296 e. The van der Waals surface area contributed by atoms with Gasteiger partial charge in [-0.15, -0.1) is 0 Å². The molecule has 0 aliphatic carbocycles. The topological polar surface area (TPSA) is 42.9 Å². The van der Waals surface area contributed by atoms with Crippen LogP contribution in [-0.4, -0.2) is 16.3 Å². The quantitative estimate of drug-likeness (QED) is 0.508. The van der Waals surface area contributed by atoms with Crippen molar-refractivity contribution >= 4 is 22.2 Å². The molecule has 1 rings (SSSR count). The predicted molar refractivity (Wildman–Crippen MR) is 39.9 cm³/mol. The first-order valence-electron chi connectivity index (χ1n) is 2.69. The number of rotatable bonds is 1. The van der Waals surface area contributed by atoms with Crippen molar-refractivity contribution in [2.45, 2.75) is 6.92 Å². The fourth-order valence-corrected chi connectivity index (χ4v) is 1.10. The summed E-state index contributed by atoms with van der Waals surface area (Å²) in [6.45, 7) is 1.73. The van der Waals surface area contributed by atoms with Gasteiger partial charge in [0, 0.05) is 6.07 Å². The fourth-order valence-electron chi connectivity index (χ4n) is 0.613. The van der Waals surface area contributed by atoms with Gasteiger partial charge >= 0.3 is 0 Å². The van der Waals surface area contributed by atoms with Gasteiger partial charge in [0.25, 0.3) is 0 Å². The summed E-state index contributed by atoms with van der Waals surface area (Å²) in [5.41, 5.74) is 0.402. The second kappa shape index (κ2) is 2.88. The average molecular weight is 201 g/mol. The molecule has 0 aliphatic heterocycles. The summed E-state index contributed by atoms with van der Waals surface area (Å²) < 4.78 is 0.641. The van der Waals surface area contributed by atoms with Crippen LogP contribution in [0.15, 0.2) is 10.7 Å². The summed E-state index contributed by atoms with van der Waals surface area (Å²) in [5, 5.41) is 0. The molecular formula is C6H5BrN2O. The highest BCUT2D eigenvalue weighted by molar-refractivity contribution is 9.10. The zero-order chi connectivity index (χ0) is 7.56. The number of aromatic nitrogens is 2. The monoisotopic (exact) mass is 200 g/mol. The molecule has 3 nitrogen and oxygen atoms in total. The highest BCUT2D eigenvalue weighted by atomic mass is 79.9. The van der Waals surface area contributed by atoms with Crippen molar-refractivity contribution in [1.29, 1.82) is 0 Å². The Morgan fingerprint density at radius 2 is 2.30 bits per heavy atom. The summed E-state index contributed by atoms with van der Waals surface area (Å²) >= 11 is 3.14. The van der Waals surface area contributed by atoms with E-state index in [1.54, 1.807) is 13.0 Å². The number of aldehydes is 1. The summed E-state index contributed by atoms with van der Waals surface area (Å²) in [6.07, 6.45) is 0.694. The number of hydrogen-bond acceptors (Lipinski definition) is 3. The van der Waals surface area contributed by atoms with E-state index in [0.717, 1.165) is 0 Å². The molecule has 0 aromatic carbocycles. The molecule has 10 heavy (non-hydrogen) atoms. The maximum atomic E-state index is 10.2. The summed E-state index contributed by atoms with van der Waals surface area (Å²) in [4.78, 5) is 18.0. The number of hydrogen-bond donors (Lipinski definition) is 0. The van der Waals surface area contributed by atoms with E-state index < -0.39 is 0 Å². The lowest BCUT2D eigenvalue weighted by molar-refractivity contribution is 0.111. The minimum atomic E-state index is 0.402. The van der Waals surface area contributed by atoms with Crippen LogP contribution < -0.4 is 0 Å². The molecule has 0 saturated heterocycles. The van der Waals surface area contributed by atoms with Crippen LogP contribution in [0.2, 0.25) is 0 Å². The first kappa shape index (κ1) is 7.34. The van der Waals surface area contributed by atoms with E-state index in [4.69, 9.17) is 0 Å². The van der Waals surface area contributed by atoms with Gasteiger partial charge in [0.15, 0.2) is 6.29 Å². The van der Waals surface area contributed by atoms with E-state index in [9.17, 15) is 4.79 Å². The predicted octanol–water partition coefficient (Wildman–Crippen LogP) is 1.36. The van der Waals surface area contributed by atoms with Crippen molar-refractivity contribution in [2.24, 2.45) is 0 Å². The van der Waals surface area contributed by atoms with E-state index in [1.807, 2.05) is 0 Å². The maximum absolute atomic E-state index is 10.2. The Balaban J connectivity index is 3.18. The van der Waals surface area contributed by atoms with Crippen molar-refractivity contribution < 1.29 is 4.79 Å². The normalized spacial score (nSPS) is 9.40. The molecule has 0 amide bonds. The van der Waals surface area contributed by atoms with Gasteiger partial charge in [0.2, 0.25) is 0 Å². The first-order valence-corrected chi connectivity index (χ1v) is 3.48. The van der Waals surface area contributed by atoms with Gasteiger partial charge in [-0.25, -0.2) is 9.97 Å². The first-order chi connectivity index (χ1) is 4.72. The van der Waals surface area contributed by atoms with Crippen LogP contribution in [0.3, 0.4) is 0 Å². The third-order valence-electron chi connectivity index (χ3n) is 0.947. The van der Waals surface area contributed by atoms with Crippen LogP contribution >= 0.6 is 15.9 Å². The molecule has 0 saturated carbocycles. The van der Waals surface area contributed by atoms with Crippen molar-refractivity contribution in [3.8, 4) is 0 Å². The van der Waals surface area contributed by atoms with Gasteiger partial charge in [-0.3, -0.25) is 4.79 Å². The molecule has 0 fully saturated rings. The third kappa shape index (κ3) is 1.60. The van der Waals surface area contributed by atoms with Crippen molar-refractivity contribution in [3.63, 3.8) is 0 Å². The van der Waals surface area contributed by atoms with E-state index in [2.05, 4.69) is 25.9 Å². The summed E-state index contributed by atoms with van der Waals surface area (Å²) in [7, 11) is 0. The molecule has 4 heteroatoms. The number of halogens is 1. The average Bonchev–Trinajstić information content (AvgIpc) is 1.85. The molecule has 0 N–H and O–H groups in total. The fraction of sp³-hybridized carbons (Fsp3) is 0.167. The molecule has 52 valence electrons. The van der Waals surface area contributed by atoms with Gasteiger partial charge in [-0.1, -0.05) is 0 Å². The molecule has 0 radical (unpaired) electrons. The molecule has 1 aromatic rings. The molecule has 0 unspecified atom stereocenters. The molecular weight excluding hydrogens is 196 g/mol. The largest absolute Gasteiger partial charge is 0.296 e. The zero-order valence-corrected chi connectivity index (χ0v) is 6.92. The molecule has 0 bridgehead atoms. The molecule has 1 heterocycles.